The molecule has 0 aliphatic carbocycles. The van der Waals surface area contributed by atoms with E-state index in [0.717, 1.165) is 23.0 Å². The summed E-state index contributed by atoms with van der Waals surface area (Å²) in [4.78, 5) is 27.8. The highest BCUT2D eigenvalue weighted by atomic mass is 16.3. The number of fused-ring (bicyclic) bond motifs is 1. The fraction of sp³-hybridized carbons (Fsp3) is 0.167. The molecule has 6 heteroatoms. The molecule has 0 spiro atoms. The number of rotatable bonds is 4. The SMILES string of the molecule is CCc1ccc2occ(CC(=O)NNC(=O)c3ccncc3)c2c1. The molecule has 0 saturated heterocycles. The molecule has 6 nitrogen and oxygen atoms in total. The van der Waals surface area contributed by atoms with Crippen LogP contribution >= 0.6 is 0 Å². The minimum Gasteiger partial charge on any atom is -0.464 e. The van der Waals surface area contributed by atoms with Gasteiger partial charge in [0.2, 0.25) is 5.91 Å². The third-order valence-electron chi connectivity index (χ3n) is 3.74. The van der Waals surface area contributed by atoms with Gasteiger partial charge in [-0.25, -0.2) is 0 Å². The number of hydrogen-bond donors (Lipinski definition) is 2. The predicted molar refractivity (Wildman–Crippen MR) is 89.1 cm³/mol. The Morgan fingerprint density at radius 1 is 1.12 bits per heavy atom. The van der Waals surface area contributed by atoms with Crippen molar-refractivity contribution in [2.24, 2.45) is 0 Å². The molecule has 0 aliphatic rings. The molecule has 2 heterocycles. The highest BCUT2D eigenvalue weighted by Gasteiger charge is 2.12. The van der Waals surface area contributed by atoms with Crippen molar-refractivity contribution in [2.45, 2.75) is 19.8 Å². The summed E-state index contributed by atoms with van der Waals surface area (Å²) >= 11 is 0. The second kappa shape index (κ2) is 6.95. The Balaban J connectivity index is 1.64. The Bertz CT molecular complexity index is 872. The van der Waals surface area contributed by atoms with Gasteiger partial charge in [-0.15, -0.1) is 0 Å². The summed E-state index contributed by atoms with van der Waals surface area (Å²) in [6.45, 7) is 2.07. The number of furan rings is 1. The first kappa shape index (κ1) is 15.7. The molecule has 0 saturated carbocycles. The van der Waals surface area contributed by atoms with Crippen LogP contribution in [0.15, 0.2) is 53.4 Å². The summed E-state index contributed by atoms with van der Waals surface area (Å²) in [5.74, 6) is -0.710. The summed E-state index contributed by atoms with van der Waals surface area (Å²) in [6.07, 6.45) is 5.64. The summed E-state index contributed by atoms with van der Waals surface area (Å²) < 4.78 is 5.47. The molecule has 0 bridgehead atoms. The van der Waals surface area contributed by atoms with E-state index in [0.29, 0.717) is 5.56 Å². The number of benzene rings is 1. The van der Waals surface area contributed by atoms with E-state index in [-0.39, 0.29) is 12.3 Å². The second-order valence-electron chi connectivity index (χ2n) is 5.36. The van der Waals surface area contributed by atoms with Gasteiger partial charge in [-0.1, -0.05) is 13.0 Å². The van der Waals surface area contributed by atoms with Gasteiger partial charge in [0.15, 0.2) is 0 Å². The zero-order valence-corrected chi connectivity index (χ0v) is 13.2. The third-order valence-corrected chi connectivity index (χ3v) is 3.74. The zero-order valence-electron chi connectivity index (χ0n) is 13.2. The van der Waals surface area contributed by atoms with Crippen LogP contribution in [0.4, 0.5) is 0 Å². The molecule has 2 N–H and O–H groups in total. The Kier molecular flexibility index (Phi) is 4.56. The van der Waals surface area contributed by atoms with Gasteiger partial charge >= 0.3 is 0 Å². The fourth-order valence-corrected chi connectivity index (χ4v) is 2.40. The molecule has 0 unspecified atom stereocenters. The van der Waals surface area contributed by atoms with E-state index in [1.807, 2.05) is 18.2 Å². The Morgan fingerprint density at radius 2 is 1.92 bits per heavy atom. The summed E-state index contributed by atoms with van der Waals surface area (Å²) in [7, 11) is 0. The molecule has 24 heavy (non-hydrogen) atoms. The Labute approximate surface area is 138 Å². The molecule has 0 aliphatic heterocycles. The van der Waals surface area contributed by atoms with Gasteiger partial charge < -0.3 is 4.42 Å². The van der Waals surface area contributed by atoms with Crippen molar-refractivity contribution in [1.82, 2.24) is 15.8 Å². The van der Waals surface area contributed by atoms with Gasteiger partial charge in [0, 0.05) is 28.9 Å². The van der Waals surface area contributed by atoms with E-state index in [1.165, 1.54) is 18.0 Å². The first-order chi connectivity index (χ1) is 11.7. The lowest BCUT2D eigenvalue weighted by Crippen LogP contribution is -2.42. The van der Waals surface area contributed by atoms with Crippen LogP contribution < -0.4 is 10.9 Å². The smallest absolute Gasteiger partial charge is 0.269 e. The number of carbonyl (C=O) groups is 2. The van der Waals surface area contributed by atoms with Crippen LogP contribution in [-0.4, -0.2) is 16.8 Å². The van der Waals surface area contributed by atoms with Crippen LogP contribution in [0.1, 0.15) is 28.4 Å². The first-order valence-corrected chi connectivity index (χ1v) is 7.65. The Hall–Kier alpha value is -3.15. The van der Waals surface area contributed by atoms with Gasteiger partial charge in [0.25, 0.3) is 5.91 Å². The number of hydrazine groups is 1. The number of hydrogen-bond acceptors (Lipinski definition) is 4. The molecule has 0 atom stereocenters. The Morgan fingerprint density at radius 3 is 2.67 bits per heavy atom. The summed E-state index contributed by atoms with van der Waals surface area (Å²) in [5, 5.41) is 0.921. The van der Waals surface area contributed by atoms with E-state index in [9.17, 15) is 9.59 Å². The van der Waals surface area contributed by atoms with Crippen LogP contribution in [0.25, 0.3) is 11.0 Å². The maximum atomic E-state index is 12.1. The van der Waals surface area contributed by atoms with Crippen LogP contribution in [0.2, 0.25) is 0 Å². The molecular weight excluding hydrogens is 306 g/mol. The highest BCUT2D eigenvalue weighted by Crippen LogP contribution is 2.23. The van der Waals surface area contributed by atoms with E-state index >= 15 is 0 Å². The third kappa shape index (κ3) is 3.43. The van der Waals surface area contributed by atoms with E-state index in [4.69, 9.17) is 4.42 Å². The number of pyridine rings is 1. The van der Waals surface area contributed by atoms with Gasteiger partial charge in [-0.2, -0.15) is 0 Å². The van der Waals surface area contributed by atoms with Crippen molar-refractivity contribution < 1.29 is 14.0 Å². The van der Waals surface area contributed by atoms with Crippen LogP contribution in [0.3, 0.4) is 0 Å². The molecular formula is C18H17N3O3. The van der Waals surface area contributed by atoms with Crippen molar-refractivity contribution in [3.8, 4) is 0 Å². The number of aromatic nitrogens is 1. The van der Waals surface area contributed by atoms with Crippen molar-refractivity contribution in [1.29, 1.82) is 0 Å². The van der Waals surface area contributed by atoms with Crippen molar-refractivity contribution in [2.75, 3.05) is 0 Å². The minimum absolute atomic E-state index is 0.122. The number of amides is 2. The largest absolute Gasteiger partial charge is 0.464 e. The molecule has 0 fully saturated rings. The van der Waals surface area contributed by atoms with Crippen LogP contribution in [0, 0.1) is 0 Å². The van der Waals surface area contributed by atoms with Crippen molar-refractivity contribution >= 4 is 22.8 Å². The van der Waals surface area contributed by atoms with Crippen LogP contribution in [0.5, 0.6) is 0 Å². The first-order valence-electron chi connectivity index (χ1n) is 7.65. The average Bonchev–Trinajstić information content (AvgIpc) is 3.02. The maximum Gasteiger partial charge on any atom is 0.269 e. The van der Waals surface area contributed by atoms with Gasteiger partial charge in [-0.3, -0.25) is 25.4 Å². The van der Waals surface area contributed by atoms with Crippen molar-refractivity contribution in [3.63, 3.8) is 0 Å². The second-order valence-corrected chi connectivity index (χ2v) is 5.36. The normalized spacial score (nSPS) is 10.5. The molecule has 2 amide bonds. The minimum atomic E-state index is -0.393. The maximum absolute atomic E-state index is 12.1. The number of nitrogens with zero attached hydrogens (tertiary/aromatic N) is 1. The van der Waals surface area contributed by atoms with Gasteiger partial charge in [-0.05, 0) is 36.2 Å². The molecule has 1 aromatic carbocycles. The van der Waals surface area contributed by atoms with Gasteiger partial charge in [0.1, 0.15) is 5.58 Å². The number of nitrogens with one attached hydrogen (secondary N) is 2. The molecule has 3 aromatic rings. The highest BCUT2D eigenvalue weighted by molar-refractivity contribution is 5.95. The monoisotopic (exact) mass is 323 g/mol. The topological polar surface area (TPSA) is 84.2 Å². The molecule has 122 valence electrons. The molecule has 3 rings (SSSR count). The summed E-state index contributed by atoms with van der Waals surface area (Å²) in [6, 6.07) is 9.07. The predicted octanol–water partition coefficient (Wildman–Crippen LogP) is 2.39. The lowest BCUT2D eigenvalue weighted by Gasteiger charge is -2.06. The standard InChI is InChI=1S/C18H17N3O3/c1-2-12-3-4-16-15(9-12)14(11-24-16)10-17(22)20-21-18(23)13-5-7-19-8-6-13/h3-9,11H,2,10H2,1H3,(H,20,22)(H,21,23). The van der Waals surface area contributed by atoms with Crippen LogP contribution in [-0.2, 0) is 17.6 Å². The van der Waals surface area contributed by atoms with E-state index in [2.05, 4.69) is 22.8 Å². The lowest BCUT2D eigenvalue weighted by atomic mass is 10.1. The summed E-state index contributed by atoms with van der Waals surface area (Å²) in [5.41, 5.74) is 7.93. The lowest BCUT2D eigenvalue weighted by molar-refractivity contribution is -0.121. The average molecular weight is 323 g/mol. The van der Waals surface area contributed by atoms with E-state index in [1.54, 1.807) is 18.4 Å². The fourth-order valence-electron chi connectivity index (χ4n) is 2.40. The number of aryl methyl sites for hydroxylation is 1. The van der Waals surface area contributed by atoms with Crippen molar-refractivity contribution in [3.05, 3.63) is 65.7 Å². The van der Waals surface area contributed by atoms with E-state index < -0.39 is 5.91 Å². The quantitative estimate of drug-likeness (QED) is 0.722. The number of carbonyl (C=O) groups excluding carboxylic acids is 2. The molecule has 2 aromatic heterocycles. The zero-order chi connectivity index (χ0) is 16.9. The molecule has 0 radical (unpaired) electrons. The van der Waals surface area contributed by atoms with Gasteiger partial charge in [0.05, 0.1) is 12.7 Å².